The van der Waals surface area contributed by atoms with Crippen LogP contribution in [0.15, 0.2) is 91.0 Å². The number of benzene rings is 3. The average molecular weight is 542 g/mol. The van der Waals surface area contributed by atoms with E-state index in [1.54, 1.807) is 0 Å². The lowest BCUT2D eigenvalue weighted by Gasteiger charge is -2.42. The predicted octanol–water partition coefficient (Wildman–Crippen LogP) is 7.03. The van der Waals surface area contributed by atoms with E-state index in [-0.39, 0.29) is 18.3 Å². The van der Waals surface area contributed by atoms with E-state index in [1.807, 2.05) is 30.0 Å². The Morgan fingerprint density at radius 3 is 1.62 bits per heavy atom. The molecule has 1 saturated heterocycles. The molecule has 0 radical (unpaired) electrons. The van der Waals surface area contributed by atoms with Gasteiger partial charge in [-0.1, -0.05) is 107 Å². The molecule has 0 aliphatic carbocycles. The van der Waals surface area contributed by atoms with Crippen molar-refractivity contribution < 1.29 is 14.2 Å². The lowest BCUT2D eigenvalue weighted by molar-refractivity contribution is -0.149. The number of hydrogen-bond donors (Lipinski definition) is 0. The molecule has 0 bridgehead atoms. The molecule has 1 aliphatic heterocycles. The fourth-order valence-electron chi connectivity index (χ4n) is 4.22. The third-order valence-corrected chi connectivity index (χ3v) is 8.04. The second kappa shape index (κ2) is 14.1. The molecule has 4 rings (SSSR count). The summed E-state index contributed by atoms with van der Waals surface area (Å²) in [5.74, 6) is 0.907. The van der Waals surface area contributed by atoms with Gasteiger partial charge in [0.25, 0.3) is 0 Å². The van der Waals surface area contributed by atoms with Gasteiger partial charge in [0.1, 0.15) is 6.10 Å². The first-order valence-corrected chi connectivity index (χ1v) is 14.1. The largest absolute Gasteiger partial charge is 0.370 e. The minimum Gasteiger partial charge on any atom is -0.370 e. The third-order valence-electron chi connectivity index (χ3n) is 6.03. The first-order valence-electron chi connectivity index (χ1n) is 12.0. The van der Waals surface area contributed by atoms with Crippen LogP contribution in [0.25, 0.3) is 0 Å². The van der Waals surface area contributed by atoms with Gasteiger partial charge in [-0.05, 0) is 29.5 Å². The number of halogens is 1. The highest BCUT2D eigenvalue weighted by Gasteiger charge is 2.42. The van der Waals surface area contributed by atoms with Crippen molar-refractivity contribution in [2.75, 3.05) is 11.1 Å². The Bertz CT molecular complexity index is 941. The lowest BCUT2D eigenvalue weighted by Crippen LogP contribution is -2.52. The molecule has 0 N–H and O–H groups in total. The summed E-state index contributed by atoms with van der Waals surface area (Å²) in [5, 5.41) is 1.37. The van der Waals surface area contributed by atoms with Crippen molar-refractivity contribution in [1.82, 2.24) is 0 Å². The Labute approximate surface area is 216 Å². The molecular formula is C29H33BrO3S. The highest BCUT2D eigenvalue weighted by atomic mass is 79.9. The number of thioether (sulfide) groups is 1. The zero-order valence-electron chi connectivity index (χ0n) is 19.4. The molecule has 0 saturated carbocycles. The maximum Gasteiger partial charge on any atom is 0.112 e. The van der Waals surface area contributed by atoms with Crippen LogP contribution in [0.4, 0.5) is 0 Å². The first kappa shape index (κ1) is 25.5. The maximum atomic E-state index is 6.62. The van der Waals surface area contributed by atoms with Gasteiger partial charge in [0.2, 0.25) is 0 Å². The number of rotatable bonds is 12. The zero-order valence-corrected chi connectivity index (χ0v) is 21.8. The fraction of sp³-hybridized carbons (Fsp3) is 0.379. The molecule has 0 aromatic heterocycles. The Balaban J connectivity index is 1.51. The Kier molecular flexibility index (Phi) is 10.5. The molecule has 0 amide bonds. The summed E-state index contributed by atoms with van der Waals surface area (Å²) in [4.78, 5) is 0. The molecule has 3 nitrogen and oxygen atoms in total. The van der Waals surface area contributed by atoms with Gasteiger partial charge in [0, 0.05) is 16.3 Å². The van der Waals surface area contributed by atoms with Crippen LogP contribution in [0.2, 0.25) is 0 Å². The summed E-state index contributed by atoms with van der Waals surface area (Å²) >= 11 is 5.57. The molecular weight excluding hydrogens is 508 g/mol. The van der Waals surface area contributed by atoms with Crippen molar-refractivity contribution in [1.29, 1.82) is 0 Å². The van der Waals surface area contributed by atoms with Crippen molar-refractivity contribution >= 4 is 27.7 Å². The van der Waals surface area contributed by atoms with Crippen LogP contribution in [0, 0.1) is 0 Å². The van der Waals surface area contributed by atoms with Crippen molar-refractivity contribution in [2.45, 2.75) is 56.2 Å². The Morgan fingerprint density at radius 2 is 1.12 bits per heavy atom. The molecule has 0 spiro atoms. The monoisotopic (exact) mass is 540 g/mol. The molecule has 3 aromatic rings. The van der Waals surface area contributed by atoms with E-state index in [4.69, 9.17) is 14.2 Å². The van der Waals surface area contributed by atoms with Crippen LogP contribution >= 0.6 is 27.7 Å². The maximum absolute atomic E-state index is 6.62. The highest BCUT2D eigenvalue weighted by molar-refractivity contribution is 9.09. The van der Waals surface area contributed by atoms with Crippen LogP contribution in [-0.2, 0) is 34.0 Å². The van der Waals surface area contributed by atoms with Gasteiger partial charge in [-0.15, -0.1) is 0 Å². The fourth-order valence-corrected chi connectivity index (χ4v) is 6.02. The van der Waals surface area contributed by atoms with Crippen molar-refractivity contribution in [3.8, 4) is 0 Å². The third kappa shape index (κ3) is 7.69. The van der Waals surface area contributed by atoms with E-state index in [0.717, 1.165) is 23.9 Å². The molecule has 1 aliphatic rings. The second-order valence-electron chi connectivity index (χ2n) is 8.56. The van der Waals surface area contributed by atoms with Gasteiger partial charge in [0.05, 0.1) is 32.0 Å². The highest BCUT2D eigenvalue weighted by Crippen LogP contribution is 2.36. The van der Waals surface area contributed by atoms with Crippen LogP contribution in [0.5, 0.6) is 0 Å². The predicted molar refractivity (Wildman–Crippen MR) is 144 cm³/mol. The molecule has 1 heterocycles. The summed E-state index contributed by atoms with van der Waals surface area (Å²) < 4.78 is 19.7. The first-order chi connectivity index (χ1) is 16.8. The number of ether oxygens (including phenoxy) is 3. The number of alkyl halides is 1. The Morgan fingerprint density at radius 1 is 0.647 bits per heavy atom. The summed E-state index contributed by atoms with van der Waals surface area (Å²) in [6.07, 6.45) is 2.00. The normalized spacial score (nSPS) is 22.5. The van der Waals surface area contributed by atoms with E-state index in [0.29, 0.717) is 25.1 Å². The Hall–Kier alpha value is -1.63. The van der Waals surface area contributed by atoms with Gasteiger partial charge in [-0.3, -0.25) is 0 Å². The summed E-state index contributed by atoms with van der Waals surface area (Å²) in [6, 6.07) is 31.1. The molecule has 180 valence electrons. The minimum atomic E-state index is -0.130. The van der Waals surface area contributed by atoms with Gasteiger partial charge in [-0.25, -0.2) is 0 Å². The number of hydrogen-bond acceptors (Lipinski definition) is 4. The molecule has 34 heavy (non-hydrogen) atoms. The molecule has 4 atom stereocenters. The summed E-state index contributed by atoms with van der Waals surface area (Å²) in [6.45, 7) is 1.71. The average Bonchev–Trinajstić information content (AvgIpc) is 2.90. The van der Waals surface area contributed by atoms with E-state index < -0.39 is 0 Å². The van der Waals surface area contributed by atoms with Crippen molar-refractivity contribution in [2.24, 2.45) is 0 Å². The van der Waals surface area contributed by atoms with Crippen LogP contribution in [0.3, 0.4) is 0 Å². The lowest BCUT2D eigenvalue weighted by atomic mass is 10.0. The standard InChI is InChI=1S/C29H33BrO3S/c30-18-10-17-27-29(33-21-25-15-8-3-9-16-25)28(32-20-24-13-6-2-7-14-24)26(22-34-27)31-19-23-11-4-1-5-12-23/h1-9,11-16,26-29H,10,17-22H2/t26-,27+,28+,29+/m0/s1. The minimum absolute atomic E-state index is 0.0325. The smallest absolute Gasteiger partial charge is 0.112 e. The summed E-state index contributed by atoms with van der Waals surface area (Å²) in [5.41, 5.74) is 3.53. The van der Waals surface area contributed by atoms with E-state index in [2.05, 4.69) is 88.7 Å². The zero-order chi connectivity index (χ0) is 23.4. The van der Waals surface area contributed by atoms with Crippen molar-refractivity contribution in [3.63, 3.8) is 0 Å². The van der Waals surface area contributed by atoms with Gasteiger partial charge < -0.3 is 14.2 Å². The molecule has 5 heteroatoms. The van der Waals surface area contributed by atoms with Crippen LogP contribution in [-0.4, -0.2) is 34.6 Å². The van der Waals surface area contributed by atoms with Gasteiger partial charge in [-0.2, -0.15) is 11.8 Å². The van der Waals surface area contributed by atoms with Crippen LogP contribution < -0.4 is 0 Å². The molecule has 3 aromatic carbocycles. The van der Waals surface area contributed by atoms with E-state index in [1.165, 1.54) is 16.7 Å². The summed E-state index contributed by atoms with van der Waals surface area (Å²) in [7, 11) is 0. The van der Waals surface area contributed by atoms with Crippen molar-refractivity contribution in [3.05, 3.63) is 108 Å². The molecule has 0 unspecified atom stereocenters. The van der Waals surface area contributed by atoms with Gasteiger partial charge in [0.15, 0.2) is 0 Å². The van der Waals surface area contributed by atoms with Crippen LogP contribution in [0.1, 0.15) is 29.5 Å². The van der Waals surface area contributed by atoms with Gasteiger partial charge >= 0.3 is 0 Å². The van der Waals surface area contributed by atoms with E-state index >= 15 is 0 Å². The molecule has 1 fully saturated rings. The van der Waals surface area contributed by atoms with E-state index in [9.17, 15) is 0 Å². The second-order valence-corrected chi connectivity index (χ2v) is 10.6. The SMILES string of the molecule is BrCCC[C@H]1SC[C@H](OCc2ccccc2)[C@@H](OCc2ccccc2)[C@@H]1OCc1ccccc1. The quantitative estimate of drug-likeness (QED) is 0.230. The topological polar surface area (TPSA) is 27.7 Å².